The minimum absolute atomic E-state index is 0.0267. The van der Waals surface area contributed by atoms with E-state index in [2.05, 4.69) is 0 Å². The fourth-order valence-electron chi connectivity index (χ4n) is 1.28. The first kappa shape index (κ1) is 11.7. The molecular weight excluding hydrogens is 255 g/mol. The van der Waals surface area contributed by atoms with Crippen LogP contribution in [-0.4, -0.2) is 15.0 Å². The second-order valence-corrected chi connectivity index (χ2v) is 5.54. The van der Waals surface area contributed by atoms with Gasteiger partial charge in [-0.3, -0.25) is 0 Å². The molecule has 1 aliphatic rings. The quantitative estimate of drug-likeness (QED) is 0.786. The van der Waals surface area contributed by atoms with Crippen molar-refractivity contribution < 1.29 is 17.0 Å². The fourth-order valence-corrected chi connectivity index (χ4v) is 2.16. The number of rotatable bonds is 4. The molecule has 0 heterocycles. The van der Waals surface area contributed by atoms with E-state index in [9.17, 15) is 12.3 Å². The summed E-state index contributed by atoms with van der Waals surface area (Å²) in [6, 6.07) is 3.90. The van der Waals surface area contributed by atoms with Crippen molar-refractivity contribution in [3.05, 3.63) is 23.2 Å². The van der Waals surface area contributed by atoms with Gasteiger partial charge in [-0.05, 0) is 37.0 Å². The van der Waals surface area contributed by atoms with Crippen LogP contribution < -0.4 is 4.74 Å². The molecule has 2 rings (SSSR count). The van der Waals surface area contributed by atoms with Gasteiger partial charge in [0.25, 0.3) is 0 Å². The Morgan fingerprint density at radius 1 is 1.44 bits per heavy atom. The molecule has 1 fully saturated rings. The summed E-state index contributed by atoms with van der Waals surface area (Å²) in [4.78, 5) is -0.499. The molecule has 1 aliphatic carbocycles. The van der Waals surface area contributed by atoms with Crippen molar-refractivity contribution >= 4 is 21.8 Å². The molecule has 16 heavy (non-hydrogen) atoms. The van der Waals surface area contributed by atoms with Crippen molar-refractivity contribution in [3.63, 3.8) is 0 Å². The van der Waals surface area contributed by atoms with Gasteiger partial charge in [0.15, 0.2) is 0 Å². The van der Waals surface area contributed by atoms with Crippen molar-refractivity contribution in [2.45, 2.75) is 17.7 Å². The van der Waals surface area contributed by atoms with Crippen molar-refractivity contribution in [1.29, 1.82) is 0 Å². The van der Waals surface area contributed by atoms with E-state index in [1.165, 1.54) is 12.1 Å². The van der Waals surface area contributed by atoms with Crippen molar-refractivity contribution in [3.8, 4) is 5.75 Å². The van der Waals surface area contributed by atoms with Gasteiger partial charge in [0.1, 0.15) is 10.6 Å². The zero-order chi connectivity index (χ0) is 11.8. The van der Waals surface area contributed by atoms with Crippen molar-refractivity contribution in [2.24, 2.45) is 5.92 Å². The summed E-state index contributed by atoms with van der Waals surface area (Å²) in [5, 5.41) is 0.162. The molecular formula is C10H10ClFO3S. The molecule has 1 aromatic carbocycles. The average Bonchev–Trinajstić information content (AvgIpc) is 2.98. The number of hydrogen-bond acceptors (Lipinski definition) is 3. The predicted octanol–water partition coefficient (Wildman–Crippen LogP) is 2.79. The molecule has 0 unspecified atom stereocenters. The molecule has 0 aromatic heterocycles. The highest BCUT2D eigenvalue weighted by Gasteiger charge is 2.24. The largest absolute Gasteiger partial charge is 0.492 e. The van der Waals surface area contributed by atoms with Crippen LogP contribution in [0.3, 0.4) is 0 Å². The molecule has 6 heteroatoms. The molecule has 3 nitrogen and oxygen atoms in total. The summed E-state index contributed by atoms with van der Waals surface area (Å²) in [5.74, 6) is 0.490. The summed E-state index contributed by atoms with van der Waals surface area (Å²) >= 11 is 5.61. The van der Waals surface area contributed by atoms with Crippen LogP contribution in [0.4, 0.5) is 3.89 Å². The maximum atomic E-state index is 12.9. The molecule has 88 valence electrons. The number of ether oxygens (including phenoxy) is 1. The first-order valence-corrected chi connectivity index (χ1v) is 6.60. The number of hydrogen-bond donors (Lipinski definition) is 0. The Morgan fingerprint density at radius 2 is 2.12 bits per heavy atom. The topological polar surface area (TPSA) is 43.4 Å². The SMILES string of the molecule is O=S(=O)(F)c1cc(Cl)ccc1OCC1CC1. The summed E-state index contributed by atoms with van der Waals surface area (Å²) < 4.78 is 39.9. The molecule has 0 bridgehead atoms. The van der Waals surface area contributed by atoms with E-state index in [4.69, 9.17) is 16.3 Å². The minimum atomic E-state index is -4.79. The third-order valence-electron chi connectivity index (χ3n) is 2.34. The Morgan fingerprint density at radius 3 is 2.69 bits per heavy atom. The second-order valence-electron chi connectivity index (χ2n) is 3.78. The molecule has 1 aromatic rings. The smallest absolute Gasteiger partial charge is 0.335 e. The van der Waals surface area contributed by atoms with E-state index in [1.54, 1.807) is 0 Å². The van der Waals surface area contributed by atoms with E-state index in [0.29, 0.717) is 12.5 Å². The predicted molar refractivity (Wildman–Crippen MR) is 58.0 cm³/mol. The third kappa shape index (κ3) is 2.86. The van der Waals surface area contributed by atoms with Crippen molar-refractivity contribution in [2.75, 3.05) is 6.61 Å². The second kappa shape index (κ2) is 4.22. The van der Waals surface area contributed by atoms with Crippen LogP contribution in [0.2, 0.25) is 5.02 Å². The lowest BCUT2D eigenvalue weighted by Gasteiger charge is -2.08. The minimum Gasteiger partial charge on any atom is -0.492 e. The Balaban J connectivity index is 2.27. The van der Waals surface area contributed by atoms with Crippen LogP contribution >= 0.6 is 11.6 Å². The zero-order valence-electron chi connectivity index (χ0n) is 8.32. The fraction of sp³-hybridized carbons (Fsp3) is 0.400. The van der Waals surface area contributed by atoms with Crippen LogP contribution in [0.15, 0.2) is 23.1 Å². The molecule has 0 saturated heterocycles. The lowest BCUT2D eigenvalue weighted by Crippen LogP contribution is -2.03. The van der Waals surface area contributed by atoms with Crippen LogP contribution in [0.1, 0.15) is 12.8 Å². The van der Waals surface area contributed by atoms with Gasteiger partial charge in [-0.2, -0.15) is 8.42 Å². The molecule has 0 aliphatic heterocycles. The van der Waals surface area contributed by atoms with E-state index >= 15 is 0 Å². The summed E-state index contributed by atoms with van der Waals surface area (Å²) in [5.41, 5.74) is 0. The van der Waals surface area contributed by atoms with Gasteiger partial charge in [-0.1, -0.05) is 11.6 Å². The molecule has 0 spiro atoms. The first-order chi connectivity index (χ1) is 7.47. The van der Waals surface area contributed by atoms with E-state index in [-0.39, 0.29) is 10.8 Å². The van der Waals surface area contributed by atoms with E-state index in [0.717, 1.165) is 18.9 Å². The maximum Gasteiger partial charge on any atom is 0.335 e. The summed E-state index contributed by atoms with van der Waals surface area (Å²) in [6.07, 6.45) is 2.15. The Hall–Kier alpha value is -0.810. The van der Waals surface area contributed by atoms with Gasteiger partial charge >= 0.3 is 10.2 Å². The van der Waals surface area contributed by atoms with Gasteiger partial charge in [0.2, 0.25) is 0 Å². The van der Waals surface area contributed by atoms with Crippen molar-refractivity contribution in [1.82, 2.24) is 0 Å². The number of benzene rings is 1. The summed E-state index contributed by atoms with van der Waals surface area (Å²) in [6.45, 7) is 0.421. The van der Waals surface area contributed by atoms with Crippen LogP contribution in [0.5, 0.6) is 5.75 Å². The van der Waals surface area contributed by atoms with Gasteiger partial charge < -0.3 is 4.74 Å². The van der Waals surface area contributed by atoms with Crippen LogP contribution in [-0.2, 0) is 10.2 Å². The maximum absolute atomic E-state index is 12.9. The highest BCUT2D eigenvalue weighted by Crippen LogP contribution is 2.33. The van der Waals surface area contributed by atoms with Gasteiger partial charge in [0.05, 0.1) is 6.61 Å². The molecule has 0 radical (unpaired) electrons. The monoisotopic (exact) mass is 264 g/mol. The Bertz CT molecular complexity index is 497. The summed E-state index contributed by atoms with van der Waals surface area (Å²) in [7, 11) is -4.79. The van der Waals surface area contributed by atoms with Gasteiger partial charge in [-0.15, -0.1) is 3.89 Å². The molecule has 0 N–H and O–H groups in total. The van der Waals surface area contributed by atoms with Gasteiger partial charge in [0, 0.05) is 5.02 Å². The standard InChI is InChI=1S/C10H10ClFO3S/c11-8-3-4-9(15-6-7-1-2-7)10(5-8)16(12,13)14/h3-5,7H,1-2,6H2. The highest BCUT2D eigenvalue weighted by atomic mass is 35.5. The lowest BCUT2D eigenvalue weighted by molar-refractivity contribution is 0.292. The van der Waals surface area contributed by atoms with E-state index in [1.807, 2.05) is 0 Å². The molecule has 0 atom stereocenters. The number of halogens is 2. The van der Waals surface area contributed by atoms with Crippen LogP contribution in [0.25, 0.3) is 0 Å². The molecule has 0 amide bonds. The van der Waals surface area contributed by atoms with Crippen LogP contribution in [0, 0.1) is 5.92 Å². The lowest BCUT2D eigenvalue weighted by atomic mass is 10.3. The Kier molecular flexibility index (Phi) is 3.08. The van der Waals surface area contributed by atoms with Gasteiger partial charge in [-0.25, -0.2) is 0 Å². The average molecular weight is 265 g/mol. The molecule has 1 saturated carbocycles. The normalized spacial score (nSPS) is 16.1. The zero-order valence-corrected chi connectivity index (χ0v) is 9.89. The van der Waals surface area contributed by atoms with E-state index < -0.39 is 15.1 Å². The third-order valence-corrected chi connectivity index (χ3v) is 3.42. The highest BCUT2D eigenvalue weighted by molar-refractivity contribution is 7.86. The Labute approximate surface area is 98.4 Å². The first-order valence-electron chi connectivity index (χ1n) is 4.84.